The van der Waals surface area contributed by atoms with Crippen molar-refractivity contribution >= 4 is 39.1 Å². The molecule has 0 bridgehead atoms. The molecule has 2 nitrogen and oxygen atoms in total. The third-order valence-corrected chi connectivity index (χ3v) is 2.30. The summed E-state index contributed by atoms with van der Waals surface area (Å²) in [5, 5.41) is 3.03. The summed E-state index contributed by atoms with van der Waals surface area (Å²) in [5.74, 6) is 0.393. The molecule has 1 aromatic rings. The molecule has 1 amide bonds. The summed E-state index contributed by atoms with van der Waals surface area (Å²) >= 11 is 8.72. The van der Waals surface area contributed by atoms with Crippen LogP contribution in [-0.4, -0.2) is 11.2 Å². The van der Waals surface area contributed by atoms with E-state index in [0.717, 1.165) is 11.3 Å². The van der Waals surface area contributed by atoms with Gasteiger partial charge in [0.25, 0.3) is 0 Å². The first-order valence-corrected chi connectivity index (χ1v) is 5.42. The van der Waals surface area contributed by atoms with Crippen LogP contribution in [0, 0.1) is 0 Å². The molecule has 1 aromatic carbocycles. The van der Waals surface area contributed by atoms with Crippen LogP contribution in [-0.2, 0) is 10.7 Å². The van der Waals surface area contributed by atoms with Crippen LogP contribution in [0.1, 0.15) is 5.56 Å². The fourth-order valence-electron chi connectivity index (χ4n) is 0.927. The third-order valence-electron chi connectivity index (χ3n) is 1.49. The quantitative estimate of drug-likeness (QED) is 0.834. The largest absolute Gasteiger partial charge is 0.325 e. The van der Waals surface area contributed by atoms with E-state index in [2.05, 4.69) is 21.2 Å². The van der Waals surface area contributed by atoms with E-state index < -0.39 is 0 Å². The van der Waals surface area contributed by atoms with E-state index in [4.69, 9.17) is 11.6 Å². The first kappa shape index (κ1) is 10.5. The summed E-state index contributed by atoms with van der Waals surface area (Å²) in [6.45, 7) is 0. The van der Waals surface area contributed by atoms with Gasteiger partial charge in [0.15, 0.2) is 0 Å². The number of nitrogens with one attached hydrogen (secondary N) is 1. The number of alkyl halides is 2. The number of carbonyl (C=O) groups is 1. The average Bonchev–Trinajstić information content (AvgIpc) is 2.18. The Morgan fingerprint density at radius 3 is 2.92 bits per heavy atom. The van der Waals surface area contributed by atoms with Crippen molar-refractivity contribution < 1.29 is 4.79 Å². The Morgan fingerprint density at radius 2 is 2.31 bits per heavy atom. The van der Waals surface area contributed by atoms with Crippen molar-refractivity contribution in [1.82, 2.24) is 0 Å². The first-order valence-electron chi connectivity index (χ1n) is 3.77. The van der Waals surface area contributed by atoms with Crippen molar-refractivity contribution in [2.75, 3.05) is 10.6 Å². The highest BCUT2D eigenvalue weighted by Gasteiger charge is 1.99. The molecule has 0 fully saturated rings. The van der Waals surface area contributed by atoms with Gasteiger partial charge in [0.2, 0.25) is 5.91 Å². The summed E-state index contributed by atoms with van der Waals surface area (Å²) in [6.07, 6.45) is 0. The van der Waals surface area contributed by atoms with Crippen molar-refractivity contribution in [2.24, 2.45) is 0 Å². The van der Waals surface area contributed by atoms with Gasteiger partial charge in [0.05, 0.1) is 5.33 Å². The molecule has 0 atom stereocenters. The topological polar surface area (TPSA) is 29.1 Å². The van der Waals surface area contributed by atoms with E-state index in [1.807, 2.05) is 24.3 Å². The van der Waals surface area contributed by atoms with Crippen LogP contribution in [0.25, 0.3) is 0 Å². The van der Waals surface area contributed by atoms with Crippen molar-refractivity contribution in [3.8, 4) is 0 Å². The summed E-state index contributed by atoms with van der Waals surface area (Å²) in [6, 6.07) is 7.46. The smallest absolute Gasteiger partial charge is 0.235 e. The number of benzene rings is 1. The number of carbonyl (C=O) groups excluding carboxylic acids is 1. The Hall–Kier alpha value is -0.540. The molecule has 0 aliphatic rings. The van der Waals surface area contributed by atoms with E-state index in [-0.39, 0.29) is 5.91 Å². The highest BCUT2D eigenvalue weighted by Crippen LogP contribution is 2.12. The predicted octanol–water partition coefficient (Wildman–Crippen LogP) is 2.76. The number of anilines is 1. The van der Waals surface area contributed by atoms with E-state index in [0.29, 0.717) is 11.2 Å². The van der Waals surface area contributed by atoms with Crippen LogP contribution in [0.2, 0.25) is 0 Å². The zero-order valence-corrected chi connectivity index (χ0v) is 9.23. The minimum absolute atomic E-state index is 0.0632. The lowest BCUT2D eigenvalue weighted by Crippen LogP contribution is -2.12. The van der Waals surface area contributed by atoms with Crippen LogP contribution in [0.4, 0.5) is 5.69 Å². The molecule has 0 aliphatic carbocycles. The number of hydrogen-bond acceptors (Lipinski definition) is 1. The second-order valence-corrected chi connectivity index (χ2v) is 3.34. The fourth-order valence-corrected chi connectivity index (χ4v) is 1.23. The van der Waals surface area contributed by atoms with Gasteiger partial charge in [0, 0.05) is 11.6 Å². The highest BCUT2D eigenvalue weighted by molar-refractivity contribution is 9.09. The van der Waals surface area contributed by atoms with Crippen molar-refractivity contribution in [3.05, 3.63) is 29.8 Å². The standard InChI is InChI=1S/C9H9BrClNO/c10-5-9(13)12-8-3-1-2-7(4-8)6-11/h1-4H,5-6H2,(H,12,13). The fraction of sp³-hybridized carbons (Fsp3) is 0.222. The van der Waals surface area contributed by atoms with Gasteiger partial charge >= 0.3 is 0 Å². The zero-order valence-electron chi connectivity index (χ0n) is 6.89. The van der Waals surface area contributed by atoms with Gasteiger partial charge in [-0.3, -0.25) is 4.79 Å². The Bertz CT molecular complexity index is 303. The number of hydrogen-bond donors (Lipinski definition) is 1. The van der Waals surface area contributed by atoms with Crippen molar-refractivity contribution in [2.45, 2.75) is 5.88 Å². The van der Waals surface area contributed by atoms with Crippen LogP contribution in [0.15, 0.2) is 24.3 Å². The molecule has 13 heavy (non-hydrogen) atoms. The SMILES string of the molecule is O=C(CBr)Nc1cccc(CCl)c1. The molecular formula is C9H9BrClNO. The third kappa shape index (κ3) is 3.36. The Kier molecular flexibility index (Phi) is 4.25. The summed E-state index contributed by atoms with van der Waals surface area (Å²) in [7, 11) is 0. The normalized spacial score (nSPS) is 9.69. The lowest BCUT2D eigenvalue weighted by atomic mass is 10.2. The molecule has 0 aliphatic heterocycles. The molecule has 4 heteroatoms. The van der Waals surface area contributed by atoms with Crippen LogP contribution in [0.5, 0.6) is 0 Å². The Morgan fingerprint density at radius 1 is 1.54 bits per heavy atom. The van der Waals surface area contributed by atoms with E-state index in [9.17, 15) is 4.79 Å². The van der Waals surface area contributed by atoms with Crippen molar-refractivity contribution in [3.63, 3.8) is 0 Å². The number of rotatable bonds is 3. The van der Waals surface area contributed by atoms with Gasteiger partial charge in [-0.05, 0) is 17.7 Å². The number of amides is 1. The van der Waals surface area contributed by atoms with Gasteiger partial charge in [-0.15, -0.1) is 11.6 Å². The second-order valence-electron chi connectivity index (χ2n) is 2.52. The molecular weight excluding hydrogens is 253 g/mol. The lowest BCUT2D eigenvalue weighted by molar-refractivity contribution is -0.113. The first-order chi connectivity index (χ1) is 6.26. The molecule has 0 unspecified atom stereocenters. The highest BCUT2D eigenvalue weighted by atomic mass is 79.9. The van der Waals surface area contributed by atoms with Gasteiger partial charge in [0.1, 0.15) is 0 Å². The van der Waals surface area contributed by atoms with E-state index in [1.54, 1.807) is 0 Å². The number of halogens is 2. The summed E-state index contributed by atoms with van der Waals surface area (Å²) < 4.78 is 0. The summed E-state index contributed by atoms with van der Waals surface area (Å²) in [4.78, 5) is 11.0. The lowest BCUT2D eigenvalue weighted by Gasteiger charge is -2.03. The van der Waals surface area contributed by atoms with Crippen LogP contribution < -0.4 is 5.32 Å². The van der Waals surface area contributed by atoms with Gasteiger partial charge < -0.3 is 5.32 Å². The average molecular weight is 263 g/mol. The molecule has 0 spiro atoms. The molecule has 0 radical (unpaired) electrons. The molecule has 0 heterocycles. The predicted molar refractivity (Wildman–Crippen MR) is 58.4 cm³/mol. The Balaban J connectivity index is 2.71. The second kappa shape index (κ2) is 5.25. The van der Waals surface area contributed by atoms with Crippen LogP contribution in [0.3, 0.4) is 0 Å². The van der Waals surface area contributed by atoms with E-state index >= 15 is 0 Å². The zero-order chi connectivity index (χ0) is 9.68. The van der Waals surface area contributed by atoms with Gasteiger partial charge in [-0.25, -0.2) is 0 Å². The molecule has 0 aromatic heterocycles. The van der Waals surface area contributed by atoms with Crippen LogP contribution >= 0.6 is 27.5 Å². The molecule has 1 N–H and O–H groups in total. The van der Waals surface area contributed by atoms with E-state index in [1.165, 1.54) is 0 Å². The summed E-state index contributed by atoms with van der Waals surface area (Å²) in [5.41, 5.74) is 1.77. The maximum Gasteiger partial charge on any atom is 0.235 e. The Labute approximate surface area is 90.4 Å². The minimum atomic E-state index is -0.0632. The monoisotopic (exact) mass is 261 g/mol. The van der Waals surface area contributed by atoms with Gasteiger partial charge in [-0.1, -0.05) is 28.1 Å². The molecule has 70 valence electrons. The van der Waals surface area contributed by atoms with Crippen molar-refractivity contribution in [1.29, 1.82) is 0 Å². The maximum atomic E-state index is 11.0. The minimum Gasteiger partial charge on any atom is -0.325 e. The maximum absolute atomic E-state index is 11.0. The molecule has 0 saturated heterocycles. The molecule has 0 saturated carbocycles. The molecule has 1 rings (SSSR count). The van der Waals surface area contributed by atoms with Gasteiger partial charge in [-0.2, -0.15) is 0 Å².